The van der Waals surface area contributed by atoms with Crippen LogP contribution in [0.3, 0.4) is 0 Å². The topological polar surface area (TPSA) is 46.9 Å². The van der Waals surface area contributed by atoms with E-state index in [1.807, 2.05) is 0 Å². The molecule has 1 N–H and O–H groups in total. The van der Waals surface area contributed by atoms with Crippen molar-refractivity contribution in [3.63, 3.8) is 0 Å². The van der Waals surface area contributed by atoms with E-state index in [4.69, 9.17) is 11.6 Å². The van der Waals surface area contributed by atoms with Crippen molar-refractivity contribution in [3.8, 4) is 0 Å². The number of allylic oxidation sites excluding steroid dienone is 1. The molecule has 1 aliphatic carbocycles. The number of nitrogens with zero attached hydrogens (tertiary/aromatic N) is 2. The molecule has 0 saturated heterocycles. The van der Waals surface area contributed by atoms with Crippen LogP contribution in [0.1, 0.15) is 53.7 Å². The Balaban J connectivity index is 1.63. The number of hydrogen-bond donors (Lipinski definition) is 1. The third-order valence-electron chi connectivity index (χ3n) is 4.65. The fourth-order valence-electron chi connectivity index (χ4n) is 3.24. The highest BCUT2D eigenvalue weighted by atomic mass is 35.5. The first-order chi connectivity index (χ1) is 12.5. The average molecular weight is 376 g/mol. The van der Waals surface area contributed by atoms with Crippen LogP contribution < -0.4 is 5.32 Å². The van der Waals surface area contributed by atoms with E-state index in [2.05, 4.69) is 16.5 Å². The summed E-state index contributed by atoms with van der Waals surface area (Å²) in [5.41, 5.74) is 3.29. The van der Waals surface area contributed by atoms with Crippen molar-refractivity contribution in [1.82, 2.24) is 15.1 Å². The lowest BCUT2D eigenvalue weighted by Gasteiger charge is -2.13. The highest BCUT2D eigenvalue weighted by Crippen LogP contribution is 2.22. The van der Waals surface area contributed by atoms with E-state index >= 15 is 0 Å². The van der Waals surface area contributed by atoms with Gasteiger partial charge in [-0.05, 0) is 56.7 Å². The number of halogens is 2. The number of carbonyl (C=O) groups excluding carboxylic acids is 1. The van der Waals surface area contributed by atoms with Crippen molar-refractivity contribution in [2.45, 2.75) is 45.6 Å². The molecular weight excluding hydrogens is 353 g/mol. The highest BCUT2D eigenvalue weighted by molar-refractivity contribution is 6.33. The van der Waals surface area contributed by atoms with E-state index in [-0.39, 0.29) is 11.7 Å². The summed E-state index contributed by atoms with van der Waals surface area (Å²) in [4.78, 5) is 12.5. The highest BCUT2D eigenvalue weighted by Gasteiger charge is 2.20. The van der Waals surface area contributed by atoms with Gasteiger partial charge >= 0.3 is 0 Å². The van der Waals surface area contributed by atoms with Crippen LogP contribution in [0.2, 0.25) is 5.15 Å². The Hall–Kier alpha value is -2.14. The number of carbonyl (C=O) groups is 1. The van der Waals surface area contributed by atoms with Gasteiger partial charge < -0.3 is 5.32 Å². The molecule has 0 aliphatic heterocycles. The summed E-state index contributed by atoms with van der Waals surface area (Å²) in [7, 11) is 0. The largest absolute Gasteiger partial charge is 0.352 e. The second kappa shape index (κ2) is 8.49. The molecule has 1 aromatic heterocycles. The van der Waals surface area contributed by atoms with Gasteiger partial charge in [-0.3, -0.25) is 4.79 Å². The molecule has 0 fully saturated rings. The van der Waals surface area contributed by atoms with Gasteiger partial charge in [0.2, 0.25) is 0 Å². The second-order valence-corrected chi connectivity index (χ2v) is 7.01. The normalized spacial score (nSPS) is 14.2. The van der Waals surface area contributed by atoms with E-state index in [9.17, 15) is 9.18 Å². The first kappa shape index (κ1) is 18.6. The third-order valence-corrected chi connectivity index (χ3v) is 5.04. The summed E-state index contributed by atoms with van der Waals surface area (Å²) >= 11 is 6.39. The SMILES string of the molecule is Cc1nn(Cc2ccc(F)cc2)c(Cl)c1C(=O)NCCC1=CCCCC1. The van der Waals surface area contributed by atoms with Gasteiger partial charge in [0.15, 0.2) is 0 Å². The zero-order valence-corrected chi connectivity index (χ0v) is 15.7. The molecule has 0 radical (unpaired) electrons. The van der Waals surface area contributed by atoms with Crippen LogP contribution in [0.5, 0.6) is 0 Å². The van der Waals surface area contributed by atoms with Crippen LogP contribution in [-0.2, 0) is 6.54 Å². The fraction of sp³-hybridized carbons (Fsp3) is 0.400. The number of aromatic nitrogens is 2. The van der Waals surface area contributed by atoms with Crippen molar-refractivity contribution < 1.29 is 9.18 Å². The first-order valence-electron chi connectivity index (χ1n) is 8.98. The molecule has 1 heterocycles. The molecule has 0 unspecified atom stereocenters. The monoisotopic (exact) mass is 375 g/mol. The van der Waals surface area contributed by atoms with Crippen LogP contribution in [0, 0.1) is 12.7 Å². The zero-order chi connectivity index (χ0) is 18.5. The summed E-state index contributed by atoms with van der Waals surface area (Å²) in [5.74, 6) is -0.487. The van der Waals surface area contributed by atoms with Crippen LogP contribution in [-0.4, -0.2) is 22.2 Å². The van der Waals surface area contributed by atoms with E-state index in [0.29, 0.717) is 29.5 Å². The number of hydrogen-bond acceptors (Lipinski definition) is 2. The minimum atomic E-state index is -0.287. The summed E-state index contributed by atoms with van der Waals surface area (Å²) in [5, 5.41) is 7.62. The molecule has 0 atom stereocenters. The number of amides is 1. The van der Waals surface area contributed by atoms with Gasteiger partial charge in [-0.25, -0.2) is 9.07 Å². The smallest absolute Gasteiger partial charge is 0.256 e. The summed E-state index contributed by atoms with van der Waals surface area (Å²) in [6.07, 6.45) is 7.94. The maximum Gasteiger partial charge on any atom is 0.256 e. The van der Waals surface area contributed by atoms with Gasteiger partial charge in [-0.2, -0.15) is 5.10 Å². The van der Waals surface area contributed by atoms with Gasteiger partial charge in [0.25, 0.3) is 5.91 Å². The predicted molar refractivity (Wildman–Crippen MR) is 101 cm³/mol. The molecule has 0 saturated carbocycles. The molecule has 6 heteroatoms. The molecule has 2 aromatic rings. The standard InChI is InChI=1S/C20H23ClFN3O/c1-14-18(20(26)23-12-11-15-5-3-2-4-6-15)19(21)25(24-14)13-16-7-9-17(22)10-8-16/h5,7-10H,2-4,6,11-13H2,1H3,(H,23,26). The number of aryl methyl sites for hydroxylation is 1. The predicted octanol–water partition coefficient (Wildman–Crippen LogP) is 4.65. The Bertz CT molecular complexity index is 811. The van der Waals surface area contributed by atoms with Crippen LogP contribution >= 0.6 is 11.6 Å². The Labute approximate surface area is 158 Å². The number of rotatable bonds is 6. The minimum absolute atomic E-state index is 0.200. The molecule has 4 nitrogen and oxygen atoms in total. The second-order valence-electron chi connectivity index (χ2n) is 6.65. The Morgan fingerprint density at radius 2 is 2.08 bits per heavy atom. The molecule has 0 spiro atoms. The first-order valence-corrected chi connectivity index (χ1v) is 9.36. The van der Waals surface area contributed by atoms with Crippen molar-refractivity contribution in [2.24, 2.45) is 0 Å². The van der Waals surface area contributed by atoms with Crippen molar-refractivity contribution in [2.75, 3.05) is 6.54 Å². The zero-order valence-electron chi connectivity index (χ0n) is 14.9. The quantitative estimate of drug-likeness (QED) is 0.747. The molecular formula is C20H23ClFN3O. The number of nitrogens with one attached hydrogen (secondary N) is 1. The van der Waals surface area contributed by atoms with Gasteiger partial charge in [0.1, 0.15) is 11.0 Å². The van der Waals surface area contributed by atoms with E-state index in [1.54, 1.807) is 23.7 Å². The lowest BCUT2D eigenvalue weighted by atomic mass is 9.97. The molecule has 3 rings (SSSR count). The average Bonchev–Trinajstić information content (AvgIpc) is 2.91. The molecule has 0 bridgehead atoms. The molecule has 1 aliphatic rings. The number of benzene rings is 1. The lowest BCUT2D eigenvalue weighted by molar-refractivity contribution is 0.0953. The van der Waals surface area contributed by atoms with E-state index in [1.165, 1.54) is 30.5 Å². The van der Waals surface area contributed by atoms with Crippen LogP contribution in [0.15, 0.2) is 35.9 Å². The fourth-order valence-corrected chi connectivity index (χ4v) is 3.56. The van der Waals surface area contributed by atoms with Crippen molar-refractivity contribution in [3.05, 3.63) is 63.7 Å². The van der Waals surface area contributed by atoms with Gasteiger partial charge in [0, 0.05) is 6.54 Å². The van der Waals surface area contributed by atoms with Crippen LogP contribution in [0.25, 0.3) is 0 Å². The van der Waals surface area contributed by atoms with Gasteiger partial charge in [-0.15, -0.1) is 0 Å². The molecule has 1 amide bonds. The third kappa shape index (κ3) is 4.52. The van der Waals surface area contributed by atoms with Crippen molar-refractivity contribution >= 4 is 17.5 Å². The molecule has 138 valence electrons. The van der Waals surface area contributed by atoms with Gasteiger partial charge in [-0.1, -0.05) is 35.4 Å². The van der Waals surface area contributed by atoms with E-state index in [0.717, 1.165) is 24.8 Å². The Morgan fingerprint density at radius 1 is 1.31 bits per heavy atom. The van der Waals surface area contributed by atoms with Gasteiger partial charge in [0.05, 0.1) is 17.8 Å². The maximum atomic E-state index is 13.0. The van der Waals surface area contributed by atoms with Crippen LogP contribution in [0.4, 0.5) is 4.39 Å². The molecule has 1 aromatic carbocycles. The summed E-state index contributed by atoms with van der Waals surface area (Å²) in [6.45, 7) is 2.76. The Morgan fingerprint density at radius 3 is 2.77 bits per heavy atom. The van der Waals surface area contributed by atoms with Crippen molar-refractivity contribution in [1.29, 1.82) is 0 Å². The minimum Gasteiger partial charge on any atom is -0.352 e. The summed E-state index contributed by atoms with van der Waals surface area (Å²) < 4.78 is 14.6. The Kier molecular flexibility index (Phi) is 6.09. The summed E-state index contributed by atoms with van der Waals surface area (Å²) in [6, 6.07) is 6.15. The maximum absolute atomic E-state index is 13.0. The van der Waals surface area contributed by atoms with E-state index < -0.39 is 0 Å². The molecule has 26 heavy (non-hydrogen) atoms. The lowest BCUT2D eigenvalue weighted by Crippen LogP contribution is -2.25.